The maximum absolute atomic E-state index is 12.3. The Morgan fingerprint density at radius 1 is 1.19 bits per heavy atom. The van der Waals surface area contributed by atoms with Gasteiger partial charge in [-0.3, -0.25) is 4.90 Å². The van der Waals surface area contributed by atoms with Gasteiger partial charge in [-0.15, -0.1) is 0 Å². The van der Waals surface area contributed by atoms with Crippen LogP contribution >= 0.6 is 12.2 Å². The van der Waals surface area contributed by atoms with Crippen LogP contribution in [0.1, 0.15) is 5.56 Å². The number of hydrogen-bond acceptors (Lipinski definition) is 5. The number of rotatable bonds is 5. The van der Waals surface area contributed by atoms with Gasteiger partial charge in [0.15, 0.2) is 9.84 Å². The van der Waals surface area contributed by atoms with E-state index in [0.29, 0.717) is 17.0 Å². The van der Waals surface area contributed by atoms with Crippen molar-refractivity contribution in [2.75, 3.05) is 45.5 Å². The molecule has 1 heterocycles. The predicted octanol–water partition coefficient (Wildman–Crippen LogP) is 0.342. The summed E-state index contributed by atoms with van der Waals surface area (Å²) in [5, 5.41) is 0. The zero-order valence-electron chi connectivity index (χ0n) is 12.2. The van der Waals surface area contributed by atoms with E-state index in [1.54, 1.807) is 24.3 Å². The molecule has 0 amide bonds. The van der Waals surface area contributed by atoms with Gasteiger partial charge in [0.25, 0.3) is 0 Å². The van der Waals surface area contributed by atoms with Crippen LogP contribution in [0.15, 0.2) is 29.2 Å². The number of nitrogens with two attached hydrogens (primary N) is 1. The highest BCUT2D eigenvalue weighted by atomic mass is 32.2. The number of nitrogens with zero attached hydrogens (tertiary/aromatic N) is 2. The summed E-state index contributed by atoms with van der Waals surface area (Å²) in [6, 6.07) is 6.47. The Kier molecular flexibility index (Phi) is 5.32. The van der Waals surface area contributed by atoms with Gasteiger partial charge in [0.1, 0.15) is 4.99 Å². The van der Waals surface area contributed by atoms with Crippen molar-refractivity contribution in [3.8, 4) is 0 Å². The predicted molar refractivity (Wildman–Crippen MR) is 88.3 cm³/mol. The lowest BCUT2D eigenvalue weighted by Crippen LogP contribution is -2.45. The maximum Gasteiger partial charge on any atom is 0.179 e. The van der Waals surface area contributed by atoms with Crippen LogP contribution in [0.5, 0.6) is 0 Å². The molecular weight excluding hydrogens is 306 g/mol. The molecule has 116 valence electrons. The van der Waals surface area contributed by atoms with Crippen LogP contribution in [0.4, 0.5) is 0 Å². The molecule has 5 nitrogen and oxygen atoms in total. The highest BCUT2D eigenvalue weighted by molar-refractivity contribution is 7.91. The van der Waals surface area contributed by atoms with Gasteiger partial charge in [-0.05, 0) is 19.2 Å². The molecule has 0 saturated carbocycles. The number of likely N-dealkylation sites (N-methyl/N-ethyl adjacent to an activating group) is 1. The molecule has 1 aliphatic rings. The van der Waals surface area contributed by atoms with Crippen molar-refractivity contribution in [1.82, 2.24) is 9.80 Å². The fourth-order valence-electron chi connectivity index (χ4n) is 2.27. The second kappa shape index (κ2) is 6.83. The minimum Gasteiger partial charge on any atom is -0.389 e. The van der Waals surface area contributed by atoms with Crippen LogP contribution in [0.25, 0.3) is 0 Å². The third-order valence-corrected chi connectivity index (χ3v) is 5.72. The van der Waals surface area contributed by atoms with Crippen LogP contribution in [-0.4, -0.2) is 68.7 Å². The van der Waals surface area contributed by atoms with Crippen molar-refractivity contribution in [3.63, 3.8) is 0 Å². The summed E-state index contributed by atoms with van der Waals surface area (Å²) in [5.74, 6) is 0.142. The number of piperazine rings is 1. The van der Waals surface area contributed by atoms with Crippen molar-refractivity contribution in [2.45, 2.75) is 4.90 Å². The highest BCUT2D eigenvalue weighted by Gasteiger charge is 2.19. The van der Waals surface area contributed by atoms with Crippen molar-refractivity contribution in [1.29, 1.82) is 0 Å². The van der Waals surface area contributed by atoms with Gasteiger partial charge < -0.3 is 10.6 Å². The molecule has 21 heavy (non-hydrogen) atoms. The third kappa shape index (κ3) is 4.47. The van der Waals surface area contributed by atoms with E-state index < -0.39 is 9.84 Å². The lowest BCUT2D eigenvalue weighted by molar-refractivity contribution is 0.161. The van der Waals surface area contributed by atoms with Crippen molar-refractivity contribution in [3.05, 3.63) is 29.8 Å². The molecule has 0 unspecified atom stereocenters. The topological polar surface area (TPSA) is 66.6 Å². The highest BCUT2D eigenvalue weighted by Crippen LogP contribution is 2.13. The first-order valence-corrected chi connectivity index (χ1v) is 8.98. The molecule has 1 fully saturated rings. The van der Waals surface area contributed by atoms with Gasteiger partial charge in [-0.25, -0.2) is 8.42 Å². The van der Waals surface area contributed by atoms with Gasteiger partial charge in [0, 0.05) is 38.3 Å². The molecule has 1 aromatic carbocycles. The largest absolute Gasteiger partial charge is 0.389 e. The quantitative estimate of drug-likeness (QED) is 0.787. The number of benzene rings is 1. The van der Waals surface area contributed by atoms with Crippen LogP contribution < -0.4 is 5.73 Å². The summed E-state index contributed by atoms with van der Waals surface area (Å²) in [7, 11) is -1.17. The molecular formula is C14H21N3O2S2. The smallest absolute Gasteiger partial charge is 0.179 e. The fourth-order valence-corrected chi connectivity index (χ4v) is 3.69. The fraction of sp³-hybridized carbons (Fsp3) is 0.500. The van der Waals surface area contributed by atoms with E-state index in [2.05, 4.69) is 16.8 Å². The van der Waals surface area contributed by atoms with Crippen LogP contribution in [0.3, 0.4) is 0 Å². The normalized spacial score (nSPS) is 17.8. The summed E-state index contributed by atoms with van der Waals surface area (Å²) < 4.78 is 24.6. The van der Waals surface area contributed by atoms with E-state index in [1.807, 2.05) is 0 Å². The molecule has 2 rings (SSSR count). The van der Waals surface area contributed by atoms with Crippen LogP contribution in [-0.2, 0) is 9.84 Å². The zero-order valence-corrected chi connectivity index (χ0v) is 13.8. The number of thiocarbonyl (C=S) groups is 1. The SMILES string of the molecule is CN1CCN(CCS(=O)(=O)c2ccc(C(N)=S)cc2)CC1. The molecule has 0 atom stereocenters. The van der Waals surface area contributed by atoms with Crippen LogP contribution in [0, 0.1) is 0 Å². The second-order valence-electron chi connectivity index (χ2n) is 5.35. The van der Waals surface area contributed by atoms with Gasteiger partial charge in [-0.1, -0.05) is 24.4 Å². The first-order valence-electron chi connectivity index (χ1n) is 6.92. The Morgan fingerprint density at radius 3 is 2.29 bits per heavy atom. The maximum atomic E-state index is 12.3. The van der Waals surface area contributed by atoms with E-state index >= 15 is 0 Å². The van der Waals surface area contributed by atoms with Crippen molar-refractivity contribution in [2.24, 2.45) is 5.73 Å². The molecule has 1 aromatic rings. The molecule has 2 N–H and O–H groups in total. The molecule has 0 aliphatic carbocycles. The zero-order chi connectivity index (χ0) is 15.5. The Balaban J connectivity index is 1.96. The Morgan fingerprint density at radius 2 is 1.76 bits per heavy atom. The molecule has 0 spiro atoms. The standard InChI is InChI=1S/C14H21N3O2S2/c1-16-6-8-17(9-7-16)10-11-21(18,19)13-4-2-12(3-5-13)14(15)20/h2-5H,6-11H2,1H3,(H2,15,20). The number of sulfone groups is 1. The van der Waals surface area contributed by atoms with Crippen molar-refractivity contribution < 1.29 is 8.42 Å². The average molecular weight is 327 g/mol. The average Bonchev–Trinajstić information content (AvgIpc) is 2.47. The first kappa shape index (κ1) is 16.4. The van der Waals surface area contributed by atoms with E-state index in [9.17, 15) is 8.42 Å². The van der Waals surface area contributed by atoms with Crippen LogP contribution in [0.2, 0.25) is 0 Å². The molecule has 0 bridgehead atoms. The summed E-state index contributed by atoms with van der Waals surface area (Å²) in [6.07, 6.45) is 0. The number of hydrogen-bond donors (Lipinski definition) is 1. The molecule has 1 aliphatic heterocycles. The van der Waals surface area contributed by atoms with Crippen molar-refractivity contribution >= 4 is 27.0 Å². The first-order chi connectivity index (χ1) is 9.88. The van der Waals surface area contributed by atoms with Gasteiger partial charge in [0.05, 0.1) is 10.6 Å². The van der Waals surface area contributed by atoms with Gasteiger partial charge >= 0.3 is 0 Å². The molecule has 7 heteroatoms. The Labute approximate surface area is 131 Å². The van der Waals surface area contributed by atoms with E-state index in [1.165, 1.54) is 0 Å². The lowest BCUT2D eigenvalue weighted by Gasteiger charge is -2.32. The minimum atomic E-state index is -3.26. The Hall–Kier alpha value is -1.02. The third-order valence-electron chi connectivity index (χ3n) is 3.77. The molecule has 1 saturated heterocycles. The summed E-state index contributed by atoms with van der Waals surface area (Å²) in [4.78, 5) is 5.05. The van der Waals surface area contributed by atoms with E-state index in [-0.39, 0.29) is 10.7 Å². The second-order valence-corrected chi connectivity index (χ2v) is 7.90. The Bertz CT molecular complexity index is 591. The summed E-state index contributed by atoms with van der Waals surface area (Å²) in [6.45, 7) is 4.40. The van der Waals surface area contributed by atoms with E-state index in [0.717, 1.165) is 26.2 Å². The molecule has 0 radical (unpaired) electrons. The monoisotopic (exact) mass is 327 g/mol. The molecule has 0 aromatic heterocycles. The lowest BCUT2D eigenvalue weighted by atomic mass is 10.2. The van der Waals surface area contributed by atoms with Gasteiger partial charge in [0.2, 0.25) is 0 Å². The van der Waals surface area contributed by atoms with E-state index in [4.69, 9.17) is 18.0 Å². The van der Waals surface area contributed by atoms with Gasteiger partial charge in [-0.2, -0.15) is 0 Å². The summed E-state index contributed by atoms with van der Waals surface area (Å²) in [5.41, 5.74) is 6.19. The minimum absolute atomic E-state index is 0.142. The summed E-state index contributed by atoms with van der Waals surface area (Å²) >= 11 is 4.86.